The van der Waals surface area contributed by atoms with Crippen molar-refractivity contribution >= 4 is 23.3 Å². The zero-order valence-electron chi connectivity index (χ0n) is 18.1. The van der Waals surface area contributed by atoms with Crippen LogP contribution in [0.25, 0.3) is 0 Å². The quantitative estimate of drug-likeness (QED) is 0.648. The topological polar surface area (TPSA) is 71.1 Å². The van der Waals surface area contributed by atoms with Crippen LogP contribution in [0.3, 0.4) is 0 Å². The Morgan fingerprint density at radius 2 is 1.64 bits per heavy atom. The van der Waals surface area contributed by atoms with Gasteiger partial charge in [-0.3, -0.25) is 9.69 Å². The van der Waals surface area contributed by atoms with Crippen LogP contribution in [-0.2, 0) is 11.3 Å². The molecule has 3 aromatic carbocycles. The maximum Gasteiger partial charge on any atom is 0.322 e. The number of hydrogen-bond acceptors (Lipinski definition) is 4. The van der Waals surface area contributed by atoms with Gasteiger partial charge in [-0.2, -0.15) is 0 Å². The molecule has 7 heteroatoms. The van der Waals surface area contributed by atoms with Crippen molar-refractivity contribution in [2.45, 2.75) is 19.0 Å². The Labute approximate surface area is 192 Å². The second-order valence-electron chi connectivity index (χ2n) is 8.09. The highest BCUT2D eigenvalue weighted by Crippen LogP contribution is 2.35. The smallest absolute Gasteiger partial charge is 0.322 e. The molecule has 33 heavy (non-hydrogen) atoms. The lowest BCUT2D eigenvalue weighted by Gasteiger charge is -2.26. The number of benzene rings is 3. The van der Waals surface area contributed by atoms with Crippen LogP contribution >= 0.6 is 0 Å². The summed E-state index contributed by atoms with van der Waals surface area (Å²) < 4.78 is 11.2. The predicted octanol–water partition coefficient (Wildman–Crippen LogP) is 3.98. The largest absolute Gasteiger partial charge is 0.486 e. The van der Waals surface area contributed by atoms with Crippen molar-refractivity contribution in [3.63, 3.8) is 0 Å². The fourth-order valence-corrected chi connectivity index (χ4v) is 4.16. The van der Waals surface area contributed by atoms with Gasteiger partial charge in [0, 0.05) is 30.4 Å². The molecule has 1 saturated heterocycles. The van der Waals surface area contributed by atoms with Gasteiger partial charge in [0.05, 0.1) is 12.6 Å². The highest BCUT2D eigenvalue weighted by molar-refractivity contribution is 5.98. The highest BCUT2D eigenvalue weighted by atomic mass is 16.6. The molecule has 0 bridgehead atoms. The molecule has 2 aliphatic rings. The summed E-state index contributed by atoms with van der Waals surface area (Å²) in [7, 11) is 0. The Balaban J connectivity index is 1.30. The third-order valence-electron chi connectivity index (χ3n) is 5.79. The minimum Gasteiger partial charge on any atom is -0.486 e. The summed E-state index contributed by atoms with van der Waals surface area (Å²) in [6.07, 6.45) is 0.244. The van der Waals surface area contributed by atoms with Crippen molar-refractivity contribution in [3.8, 4) is 11.5 Å². The third kappa shape index (κ3) is 4.62. The molecule has 2 heterocycles. The first-order valence-corrected chi connectivity index (χ1v) is 11.0. The van der Waals surface area contributed by atoms with Crippen LogP contribution in [0.1, 0.15) is 12.0 Å². The van der Waals surface area contributed by atoms with Crippen molar-refractivity contribution in [1.29, 1.82) is 0 Å². The van der Waals surface area contributed by atoms with Gasteiger partial charge in [0.1, 0.15) is 13.2 Å². The van der Waals surface area contributed by atoms with Gasteiger partial charge in [-0.25, -0.2) is 4.79 Å². The van der Waals surface area contributed by atoms with E-state index in [1.54, 1.807) is 9.80 Å². The van der Waals surface area contributed by atoms with E-state index in [4.69, 9.17) is 9.47 Å². The van der Waals surface area contributed by atoms with Crippen LogP contribution in [0.4, 0.5) is 16.2 Å². The molecule has 1 fully saturated rings. The van der Waals surface area contributed by atoms with Crippen molar-refractivity contribution in [2.24, 2.45) is 0 Å². The number of anilines is 2. The molecule has 168 valence electrons. The first kappa shape index (κ1) is 20.9. The van der Waals surface area contributed by atoms with Gasteiger partial charge in [0.25, 0.3) is 0 Å². The number of hydrogen-bond donors (Lipinski definition) is 1. The molecule has 7 nitrogen and oxygen atoms in total. The van der Waals surface area contributed by atoms with Crippen LogP contribution in [-0.4, -0.2) is 37.7 Å². The number of para-hydroxylation sites is 1. The summed E-state index contributed by atoms with van der Waals surface area (Å²) in [4.78, 5) is 29.4. The van der Waals surface area contributed by atoms with Crippen LogP contribution < -0.4 is 24.6 Å². The maximum absolute atomic E-state index is 13.3. The Morgan fingerprint density at radius 3 is 2.39 bits per heavy atom. The Bertz CT molecular complexity index is 1140. The molecule has 3 aromatic rings. The van der Waals surface area contributed by atoms with E-state index in [9.17, 15) is 9.59 Å². The van der Waals surface area contributed by atoms with Crippen molar-refractivity contribution in [1.82, 2.24) is 5.32 Å². The minimum absolute atomic E-state index is 0.0358. The predicted molar refractivity (Wildman–Crippen MR) is 126 cm³/mol. The molecule has 5 rings (SSSR count). The van der Waals surface area contributed by atoms with E-state index in [-0.39, 0.29) is 24.4 Å². The summed E-state index contributed by atoms with van der Waals surface area (Å²) in [6, 6.07) is 24.4. The van der Waals surface area contributed by atoms with Gasteiger partial charge < -0.3 is 19.7 Å². The summed E-state index contributed by atoms with van der Waals surface area (Å²) in [6.45, 7) is 1.84. The summed E-state index contributed by atoms with van der Waals surface area (Å²) in [5.41, 5.74) is 2.56. The normalized spacial score (nSPS) is 17.0. The first-order valence-electron chi connectivity index (χ1n) is 11.0. The second-order valence-corrected chi connectivity index (χ2v) is 8.09. The number of fused-ring (bicyclic) bond motifs is 1. The summed E-state index contributed by atoms with van der Waals surface area (Å²) >= 11 is 0. The fourth-order valence-electron chi connectivity index (χ4n) is 4.16. The maximum atomic E-state index is 13.3. The van der Waals surface area contributed by atoms with Gasteiger partial charge >= 0.3 is 6.03 Å². The molecule has 1 N–H and O–H groups in total. The van der Waals surface area contributed by atoms with Gasteiger partial charge in [0.15, 0.2) is 11.5 Å². The average molecular weight is 444 g/mol. The van der Waals surface area contributed by atoms with E-state index in [0.29, 0.717) is 37.8 Å². The van der Waals surface area contributed by atoms with Crippen LogP contribution in [0.2, 0.25) is 0 Å². The lowest BCUT2D eigenvalue weighted by molar-refractivity contribution is -0.117. The standard InChI is InChI=1S/C26H25N3O4/c30-25-15-20(18-28(25)22-11-12-23-24(16-22)33-14-13-32-23)27-26(31)29(21-9-5-2-6-10-21)17-19-7-3-1-4-8-19/h1-12,16,20H,13-15,17-18H2,(H,27,31). The van der Waals surface area contributed by atoms with E-state index < -0.39 is 0 Å². The van der Waals surface area contributed by atoms with Gasteiger partial charge in [-0.15, -0.1) is 0 Å². The molecule has 0 spiro atoms. The lowest BCUT2D eigenvalue weighted by atomic mass is 10.2. The molecule has 1 atom stereocenters. The molecule has 0 aliphatic carbocycles. The van der Waals surface area contributed by atoms with E-state index >= 15 is 0 Å². The van der Waals surface area contributed by atoms with Crippen LogP contribution in [0, 0.1) is 0 Å². The van der Waals surface area contributed by atoms with E-state index in [2.05, 4.69) is 5.32 Å². The van der Waals surface area contributed by atoms with E-state index in [1.165, 1.54) is 0 Å². The number of carbonyl (C=O) groups is 2. The summed E-state index contributed by atoms with van der Waals surface area (Å²) in [5.74, 6) is 1.28. The number of ether oxygens (including phenoxy) is 2. The molecule has 1 unspecified atom stereocenters. The van der Waals surface area contributed by atoms with Crippen molar-refractivity contribution < 1.29 is 19.1 Å². The minimum atomic E-state index is -0.291. The zero-order chi connectivity index (χ0) is 22.6. The fraction of sp³-hybridized carbons (Fsp3) is 0.231. The zero-order valence-corrected chi connectivity index (χ0v) is 18.1. The van der Waals surface area contributed by atoms with Crippen molar-refractivity contribution in [2.75, 3.05) is 29.6 Å². The number of urea groups is 1. The van der Waals surface area contributed by atoms with E-state index in [0.717, 1.165) is 16.9 Å². The Hall–Kier alpha value is -4.00. The Morgan fingerprint density at radius 1 is 0.939 bits per heavy atom. The lowest BCUT2D eigenvalue weighted by Crippen LogP contribution is -2.45. The van der Waals surface area contributed by atoms with Crippen LogP contribution in [0.15, 0.2) is 78.9 Å². The number of carbonyl (C=O) groups excluding carboxylic acids is 2. The summed E-state index contributed by atoms with van der Waals surface area (Å²) in [5, 5.41) is 3.06. The number of nitrogens with zero attached hydrogens (tertiary/aromatic N) is 2. The van der Waals surface area contributed by atoms with Crippen LogP contribution in [0.5, 0.6) is 11.5 Å². The molecule has 0 aromatic heterocycles. The molecule has 2 aliphatic heterocycles. The molecular weight excluding hydrogens is 418 g/mol. The van der Waals surface area contributed by atoms with Gasteiger partial charge in [-0.05, 0) is 29.8 Å². The second kappa shape index (κ2) is 9.24. The monoisotopic (exact) mass is 443 g/mol. The molecular formula is C26H25N3O4. The number of rotatable bonds is 5. The molecule has 0 radical (unpaired) electrons. The van der Waals surface area contributed by atoms with Gasteiger partial charge in [-0.1, -0.05) is 48.5 Å². The van der Waals surface area contributed by atoms with Gasteiger partial charge in [0.2, 0.25) is 5.91 Å². The van der Waals surface area contributed by atoms with Crippen molar-refractivity contribution in [3.05, 3.63) is 84.4 Å². The first-order chi connectivity index (χ1) is 16.2. The number of nitrogens with one attached hydrogen (secondary N) is 1. The number of amides is 3. The molecule has 3 amide bonds. The highest BCUT2D eigenvalue weighted by Gasteiger charge is 2.33. The SMILES string of the molecule is O=C1CC(NC(=O)N(Cc2ccccc2)c2ccccc2)CN1c1ccc2c(c1)OCCO2. The molecule has 0 saturated carbocycles. The van der Waals surface area contributed by atoms with E-state index in [1.807, 2.05) is 78.9 Å². The Kier molecular flexibility index (Phi) is 5.85. The average Bonchev–Trinajstić information content (AvgIpc) is 3.23. The third-order valence-corrected chi connectivity index (χ3v) is 5.79.